The van der Waals surface area contributed by atoms with Crippen LogP contribution in [-0.4, -0.2) is 30.0 Å². The van der Waals surface area contributed by atoms with Crippen molar-refractivity contribution in [3.05, 3.63) is 34.1 Å². The van der Waals surface area contributed by atoms with Crippen LogP contribution in [0.3, 0.4) is 0 Å². The van der Waals surface area contributed by atoms with Crippen molar-refractivity contribution in [2.24, 2.45) is 0 Å². The molecule has 94 valence electrons. The quantitative estimate of drug-likeness (QED) is 0.796. The van der Waals surface area contributed by atoms with E-state index in [4.69, 9.17) is 27.6 Å². The lowest BCUT2D eigenvalue weighted by Crippen LogP contribution is -2.23. The van der Waals surface area contributed by atoms with Gasteiger partial charge >= 0.3 is 0 Å². The van der Waals surface area contributed by atoms with E-state index in [0.717, 1.165) is 25.1 Å². The number of benzene rings is 1. The summed E-state index contributed by atoms with van der Waals surface area (Å²) < 4.78 is 5.74. The van der Waals surface area contributed by atoms with Gasteiger partial charge in [-0.15, -0.1) is 0 Å². The van der Waals surface area contributed by atoms with Gasteiger partial charge in [-0.2, -0.15) is 0 Å². The van der Waals surface area contributed by atoms with Crippen LogP contribution in [0.4, 0.5) is 0 Å². The summed E-state index contributed by atoms with van der Waals surface area (Å²) in [5, 5.41) is 1.08. The van der Waals surface area contributed by atoms with Gasteiger partial charge in [-0.05, 0) is 25.6 Å². The molecule has 0 N–H and O–H groups in total. The summed E-state index contributed by atoms with van der Waals surface area (Å²) in [5.41, 5.74) is 2.45. The molecule has 0 saturated heterocycles. The highest BCUT2D eigenvalue weighted by Crippen LogP contribution is 2.31. The zero-order valence-corrected chi connectivity index (χ0v) is 11.4. The Hall–Kier alpha value is -1.03. The molecule has 0 atom stereocenters. The fourth-order valence-corrected chi connectivity index (χ4v) is 2.58. The van der Waals surface area contributed by atoms with Crippen molar-refractivity contribution in [1.29, 1.82) is 0 Å². The number of nitrogens with zero attached hydrogens (tertiary/aromatic N) is 2. The summed E-state index contributed by atoms with van der Waals surface area (Å²) >= 11 is 12.0. The van der Waals surface area contributed by atoms with Gasteiger partial charge in [-0.25, -0.2) is 4.98 Å². The van der Waals surface area contributed by atoms with Gasteiger partial charge < -0.3 is 9.32 Å². The lowest BCUT2D eigenvalue weighted by atomic mass is 10.1. The summed E-state index contributed by atoms with van der Waals surface area (Å²) in [4.78, 5) is 6.71. The second-order valence-corrected chi connectivity index (χ2v) is 5.34. The van der Waals surface area contributed by atoms with Crippen LogP contribution < -0.4 is 0 Å². The van der Waals surface area contributed by atoms with Crippen LogP contribution in [0.15, 0.2) is 22.6 Å². The third-order valence-corrected chi connectivity index (χ3v) is 3.60. The van der Waals surface area contributed by atoms with Crippen LogP contribution in [0, 0.1) is 0 Å². The van der Waals surface area contributed by atoms with E-state index in [-0.39, 0.29) is 0 Å². The fourth-order valence-electron chi connectivity index (χ4n) is 2.06. The molecule has 1 aromatic carbocycles. The lowest BCUT2D eigenvalue weighted by Gasteiger charge is -2.20. The number of hydrogen-bond acceptors (Lipinski definition) is 3. The number of hydrogen-bond donors (Lipinski definition) is 0. The smallest absolute Gasteiger partial charge is 0.223 e. The van der Waals surface area contributed by atoms with Crippen LogP contribution in [-0.2, 0) is 0 Å². The van der Waals surface area contributed by atoms with Gasteiger partial charge in [0.2, 0.25) is 5.89 Å². The third-order valence-electron chi connectivity index (χ3n) is 3.10. The minimum Gasteiger partial charge on any atom is -0.435 e. The Morgan fingerprint density at radius 1 is 1.33 bits per heavy atom. The summed E-state index contributed by atoms with van der Waals surface area (Å²) in [7, 11) is 2.09. The second kappa shape index (κ2) is 4.57. The average molecular weight is 283 g/mol. The van der Waals surface area contributed by atoms with Gasteiger partial charge in [0.1, 0.15) is 5.52 Å². The van der Waals surface area contributed by atoms with E-state index in [1.54, 1.807) is 12.1 Å². The average Bonchev–Trinajstić information content (AvgIpc) is 2.74. The summed E-state index contributed by atoms with van der Waals surface area (Å²) in [6.07, 6.45) is 3.08. The Balaban J connectivity index is 2.06. The van der Waals surface area contributed by atoms with Gasteiger partial charge in [-0.1, -0.05) is 29.3 Å². The Bertz CT molecular complexity index is 633. The molecule has 3 nitrogen and oxygen atoms in total. The minimum absolute atomic E-state index is 0.504. The van der Waals surface area contributed by atoms with Gasteiger partial charge in [0, 0.05) is 23.7 Å². The van der Waals surface area contributed by atoms with Gasteiger partial charge in [-0.3, -0.25) is 0 Å². The number of oxazole rings is 1. The van der Waals surface area contributed by atoms with E-state index in [1.807, 2.05) is 0 Å². The molecule has 0 amide bonds. The molecule has 0 spiro atoms. The summed E-state index contributed by atoms with van der Waals surface area (Å²) in [6.45, 7) is 1.93. The highest BCUT2D eigenvalue weighted by molar-refractivity contribution is 6.38. The molecule has 0 unspecified atom stereocenters. The molecular weight excluding hydrogens is 271 g/mol. The van der Waals surface area contributed by atoms with Crippen molar-refractivity contribution < 1.29 is 4.42 Å². The number of aromatic nitrogens is 1. The van der Waals surface area contributed by atoms with E-state index < -0.39 is 0 Å². The molecule has 5 heteroatoms. The first kappa shape index (κ1) is 12.0. The first-order valence-corrected chi connectivity index (χ1v) is 6.52. The molecule has 1 aliphatic rings. The van der Waals surface area contributed by atoms with Crippen LogP contribution in [0.25, 0.3) is 16.7 Å². The summed E-state index contributed by atoms with van der Waals surface area (Å²) in [6, 6.07) is 3.44. The highest BCUT2D eigenvalue weighted by atomic mass is 35.5. The standard InChI is InChI=1S/C13H12Cl2N2O/c1-17-4-2-8(3-5-17)13-16-11-7-9(14)6-10(15)12(11)18-13/h2,6-7H,3-5H2,1H3. The maximum absolute atomic E-state index is 6.09. The van der Waals surface area contributed by atoms with E-state index in [1.165, 1.54) is 0 Å². The molecule has 2 aromatic rings. The molecule has 0 radical (unpaired) electrons. The molecule has 2 heterocycles. The van der Waals surface area contributed by atoms with E-state index in [9.17, 15) is 0 Å². The Labute approximate surface area is 115 Å². The lowest BCUT2D eigenvalue weighted by molar-refractivity contribution is 0.367. The predicted molar refractivity (Wildman–Crippen MR) is 74.1 cm³/mol. The van der Waals surface area contributed by atoms with E-state index in [2.05, 4.69) is 23.0 Å². The molecular formula is C13H12Cl2N2O. The number of rotatable bonds is 1. The van der Waals surface area contributed by atoms with Gasteiger partial charge in [0.05, 0.1) is 5.02 Å². The fraction of sp³-hybridized carbons (Fsp3) is 0.308. The van der Waals surface area contributed by atoms with Crippen LogP contribution in [0.1, 0.15) is 12.3 Å². The van der Waals surface area contributed by atoms with Crippen molar-refractivity contribution in [3.8, 4) is 0 Å². The minimum atomic E-state index is 0.504. The first-order valence-electron chi connectivity index (χ1n) is 5.77. The van der Waals surface area contributed by atoms with Crippen LogP contribution in [0.5, 0.6) is 0 Å². The van der Waals surface area contributed by atoms with Crippen molar-refractivity contribution in [2.75, 3.05) is 20.1 Å². The Kier molecular flexibility index (Phi) is 3.06. The zero-order valence-electron chi connectivity index (χ0n) is 9.91. The molecule has 1 aliphatic heterocycles. The SMILES string of the molecule is CN1CC=C(c2nc3cc(Cl)cc(Cl)c3o2)CC1. The summed E-state index contributed by atoms with van der Waals surface area (Å²) in [5.74, 6) is 0.655. The zero-order chi connectivity index (χ0) is 12.7. The van der Waals surface area contributed by atoms with Gasteiger partial charge in [0.15, 0.2) is 5.58 Å². The predicted octanol–water partition coefficient (Wildman–Crippen LogP) is 3.85. The van der Waals surface area contributed by atoms with E-state index in [0.29, 0.717) is 27.0 Å². The van der Waals surface area contributed by atoms with Crippen molar-refractivity contribution in [3.63, 3.8) is 0 Å². The molecule has 0 aliphatic carbocycles. The van der Waals surface area contributed by atoms with Crippen LogP contribution >= 0.6 is 23.2 Å². The largest absolute Gasteiger partial charge is 0.435 e. The number of fused-ring (bicyclic) bond motifs is 1. The highest BCUT2D eigenvalue weighted by Gasteiger charge is 2.16. The van der Waals surface area contributed by atoms with Crippen molar-refractivity contribution in [2.45, 2.75) is 6.42 Å². The molecule has 0 saturated carbocycles. The molecule has 3 rings (SSSR count). The first-order chi connectivity index (χ1) is 8.63. The maximum Gasteiger partial charge on any atom is 0.223 e. The number of halogens is 2. The molecule has 0 fully saturated rings. The molecule has 0 bridgehead atoms. The van der Waals surface area contributed by atoms with E-state index >= 15 is 0 Å². The van der Waals surface area contributed by atoms with Crippen LogP contribution in [0.2, 0.25) is 10.0 Å². The topological polar surface area (TPSA) is 29.3 Å². The third kappa shape index (κ3) is 2.14. The normalized spacial score (nSPS) is 17.2. The monoisotopic (exact) mass is 282 g/mol. The number of likely N-dealkylation sites (N-methyl/N-ethyl adjacent to an activating group) is 1. The second-order valence-electron chi connectivity index (χ2n) is 4.50. The van der Waals surface area contributed by atoms with Crippen molar-refractivity contribution >= 4 is 39.9 Å². The van der Waals surface area contributed by atoms with Gasteiger partial charge in [0.25, 0.3) is 0 Å². The maximum atomic E-state index is 6.09. The molecule has 1 aromatic heterocycles. The molecule has 18 heavy (non-hydrogen) atoms. The Morgan fingerprint density at radius 2 is 2.17 bits per heavy atom. The van der Waals surface area contributed by atoms with Crippen molar-refractivity contribution in [1.82, 2.24) is 9.88 Å². The Morgan fingerprint density at radius 3 is 2.89 bits per heavy atom.